The van der Waals surface area contributed by atoms with Gasteiger partial charge in [0, 0.05) is 57.5 Å². The van der Waals surface area contributed by atoms with E-state index in [0.717, 1.165) is 44.0 Å². The van der Waals surface area contributed by atoms with Crippen molar-refractivity contribution in [3.8, 4) is 0 Å². The van der Waals surface area contributed by atoms with E-state index in [1.165, 1.54) is 0 Å². The van der Waals surface area contributed by atoms with E-state index in [9.17, 15) is 4.79 Å². The molecule has 126 valence electrons. The smallest absolute Gasteiger partial charge is 0.255 e. The molecule has 0 atom stereocenters. The number of nitrogens with one attached hydrogen (secondary N) is 1. The van der Waals surface area contributed by atoms with Crippen LogP contribution < -0.4 is 5.32 Å². The second-order valence-corrected chi connectivity index (χ2v) is 5.90. The van der Waals surface area contributed by atoms with Crippen LogP contribution in [0.15, 0.2) is 43.0 Å². The number of hydrogen-bond acceptors (Lipinski definition) is 5. The predicted octanol–water partition coefficient (Wildman–Crippen LogP) is 1.87. The Morgan fingerprint density at radius 3 is 2.71 bits per heavy atom. The number of nitrogens with zero attached hydrogens (tertiary/aromatic N) is 4. The van der Waals surface area contributed by atoms with Crippen LogP contribution in [0.25, 0.3) is 0 Å². The molecule has 6 nitrogen and oxygen atoms in total. The largest absolute Gasteiger partial charge is 0.380 e. The molecule has 1 amide bonds. The van der Waals surface area contributed by atoms with Crippen LogP contribution in [-0.4, -0.2) is 58.4 Å². The summed E-state index contributed by atoms with van der Waals surface area (Å²) in [5.41, 5.74) is 2.57. The monoisotopic (exact) mass is 325 g/mol. The van der Waals surface area contributed by atoms with E-state index in [1.54, 1.807) is 18.6 Å². The molecule has 6 heteroatoms. The Bertz CT molecular complexity index is 668. The molecule has 1 N–H and O–H groups in total. The fraction of sp³-hybridized carbons (Fsp3) is 0.389. The number of rotatable bonds is 5. The van der Waals surface area contributed by atoms with Crippen LogP contribution in [0.5, 0.6) is 0 Å². The quantitative estimate of drug-likeness (QED) is 0.909. The third-order valence-corrected chi connectivity index (χ3v) is 4.31. The lowest BCUT2D eigenvalue weighted by Crippen LogP contribution is -2.48. The number of aromatic nitrogens is 2. The highest BCUT2D eigenvalue weighted by Gasteiger charge is 2.21. The summed E-state index contributed by atoms with van der Waals surface area (Å²) in [4.78, 5) is 25.2. The summed E-state index contributed by atoms with van der Waals surface area (Å²) in [7, 11) is 0. The highest BCUT2D eigenvalue weighted by atomic mass is 16.2. The van der Waals surface area contributed by atoms with Crippen molar-refractivity contribution in [3.05, 3.63) is 54.1 Å². The van der Waals surface area contributed by atoms with Crippen molar-refractivity contribution < 1.29 is 4.79 Å². The number of amides is 1. The predicted molar refractivity (Wildman–Crippen MR) is 93.8 cm³/mol. The normalized spacial score (nSPS) is 15.3. The van der Waals surface area contributed by atoms with Crippen molar-refractivity contribution in [3.63, 3.8) is 0 Å². The minimum absolute atomic E-state index is 0.0586. The van der Waals surface area contributed by atoms with E-state index < -0.39 is 0 Å². The van der Waals surface area contributed by atoms with Gasteiger partial charge >= 0.3 is 0 Å². The van der Waals surface area contributed by atoms with Crippen molar-refractivity contribution in [2.75, 3.05) is 38.0 Å². The summed E-state index contributed by atoms with van der Waals surface area (Å²) in [5.74, 6) is 0.0586. The minimum Gasteiger partial charge on any atom is -0.380 e. The molecule has 0 bridgehead atoms. The fourth-order valence-electron chi connectivity index (χ4n) is 2.81. The lowest BCUT2D eigenvalue weighted by molar-refractivity contribution is 0.0643. The number of carbonyl (C=O) groups excluding carboxylic acids is 1. The summed E-state index contributed by atoms with van der Waals surface area (Å²) in [6.07, 6.45) is 6.96. The summed E-state index contributed by atoms with van der Waals surface area (Å²) < 4.78 is 0. The molecule has 2 aromatic heterocycles. The van der Waals surface area contributed by atoms with E-state index in [1.807, 2.05) is 29.3 Å². The Morgan fingerprint density at radius 2 is 2.00 bits per heavy atom. The third-order valence-electron chi connectivity index (χ3n) is 4.31. The van der Waals surface area contributed by atoms with Crippen LogP contribution in [-0.2, 0) is 6.54 Å². The molecule has 1 aliphatic rings. The van der Waals surface area contributed by atoms with E-state index in [4.69, 9.17) is 0 Å². The van der Waals surface area contributed by atoms with Gasteiger partial charge in [0.1, 0.15) is 0 Å². The van der Waals surface area contributed by atoms with Crippen molar-refractivity contribution in [1.29, 1.82) is 0 Å². The molecule has 24 heavy (non-hydrogen) atoms. The van der Waals surface area contributed by atoms with Crippen LogP contribution in [0.4, 0.5) is 5.69 Å². The number of pyridine rings is 2. The molecule has 2 aromatic rings. The molecule has 0 spiro atoms. The number of anilines is 1. The second-order valence-electron chi connectivity index (χ2n) is 5.90. The van der Waals surface area contributed by atoms with Gasteiger partial charge in [-0.25, -0.2) is 0 Å². The van der Waals surface area contributed by atoms with Gasteiger partial charge in [0.15, 0.2) is 0 Å². The molecule has 0 saturated carbocycles. The molecule has 0 unspecified atom stereocenters. The molecule has 3 rings (SSSR count). The highest BCUT2D eigenvalue weighted by Crippen LogP contribution is 2.13. The first-order valence-corrected chi connectivity index (χ1v) is 8.35. The minimum atomic E-state index is 0.0586. The molecule has 1 aliphatic heterocycles. The van der Waals surface area contributed by atoms with Crippen LogP contribution in [0.3, 0.4) is 0 Å². The first kappa shape index (κ1) is 16.4. The van der Waals surface area contributed by atoms with Crippen LogP contribution in [0.2, 0.25) is 0 Å². The van der Waals surface area contributed by atoms with Crippen molar-refractivity contribution >= 4 is 11.6 Å². The molecule has 1 fully saturated rings. The van der Waals surface area contributed by atoms with Gasteiger partial charge in [-0.1, -0.05) is 13.0 Å². The maximum atomic E-state index is 12.7. The van der Waals surface area contributed by atoms with Crippen molar-refractivity contribution in [2.45, 2.75) is 13.5 Å². The second kappa shape index (κ2) is 7.88. The van der Waals surface area contributed by atoms with Gasteiger partial charge in [-0.15, -0.1) is 0 Å². The lowest BCUT2D eigenvalue weighted by Gasteiger charge is -2.34. The average molecular weight is 325 g/mol. The van der Waals surface area contributed by atoms with E-state index in [-0.39, 0.29) is 5.91 Å². The third kappa shape index (κ3) is 4.08. The summed E-state index contributed by atoms with van der Waals surface area (Å²) in [5, 5.41) is 3.29. The Kier molecular flexibility index (Phi) is 5.38. The highest BCUT2D eigenvalue weighted by molar-refractivity contribution is 5.94. The topological polar surface area (TPSA) is 61.4 Å². The fourth-order valence-corrected chi connectivity index (χ4v) is 2.81. The SMILES string of the molecule is CCN1CCN(C(=O)c2cncc(NCc3cccnc3)c2)CC1. The van der Waals surface area contributed by atoms with Crippen molar-refractivity contribution in [1.82, 2.24) is 19.8 Å². The van der Waals surface area contributed by atoms with Gasteiger partial charge in [0.05, 0.1) is 11.3 Å². The average Bonchev–Trinajstić information content (AvgIpc) is 2.67. The Hall–Kier alpha value is -2.47. The summed E-state index contributed by atoms with van der Waals surface area (Å²) in [6.45, 7) is 7.28. The zero-order valence-corrected chi connectivity index (χ0v) is 14.0. The van der Waals surface area contributed by atoms with Crippen LogP contribution in [0, 0.1) is 0 Å². The lowest BCUT2D eigenvalue weighted by atomic mass is 10.2. The first-order chi connectivity index (χ1) is 11.8. The van der Waals surface area contributed by atoms with Crippen molar-refractivity contribution in [2.24, 2.45) is 0 Å². The summed E-state index contributed by atoms with van der Waals surface area (Å²) >= 11 is 0. The van der Waals surface area contributed by atoms with E-state index >= 15 is 0 Å². The number of carbonyl (C=O) groups is 1. The van der Waals surface area contributed by atoms with Gasteiger partial charge < -0.3 is 15.1 Å². The number of hydrogen-bond donors (Lipinski definition) is 1. The van der Waals surface area contributed by atoms with Gasteiger partial charge in [0.2, 0.25) is 0 Å². The van der Waals surface area contributed by atoms with Gasteiger partial charge in [-0.3, -0.25) is 14.8 Å². The molecule has 1 saturated heterocycles. The molecular formula is C18H23N5O. The van der Waals surface area contributed by atoms with Crippen LogP contribution in [0.1, 0.15) is 22.8 Å². The maximum absolute atomic E-state index is 12.7. The molecule has 0 radical (unpaired) electrons. The van der Waals surface area contributed by atoms with Gasteiger partial charge in [0.25, 0.3) is 5.91 Å². The number of likely N-dealkylation sites (N-methyl/N-ethyl adjacent to an activating group) is 1. The van der Waals surface area contributed by atoms with E-state index in [2.05, 4.69) is 27.1 Å². The first-order valence-electron chi connectivity index (χ1n) is 8.35. The van der Waals surface area contributed by atoms with Gasteiger partial charge in [-0.2, -0.15) is 0 Å². The van der Waals surface area contributed by atoms with Gasteiger partial charge in [-0.05, 0) is 24.2 Å². The Morgan fingerprint density at radius 1 is 1.17 bits per heavy atom. The Balaban J connectivity index is 1.61. The summed E-state index contributed by atoms with van der Waals surface area (Å²) in [6, 6.07) is 5.79. The van der Waals surface area contributed by atoms with E-state index in [0.29, 0.717) is 12.1 Å². The zero-order chi connectivity index (χ0) is 16.8. The zero-order valence-electron chi connectivity index (χ0n) is 14.0. The molecule has 0 aromatic carbocycles. The maximum Gasteiger partial charge on any atom is 0.255 e. The standard InChI is InChI=1S/C18H23N5O/c1-2-22-6-8-23(9-7-22)18(24)16-10-17(14-20-13-16)21-12-15-4-3-5-19-11-15/h3-5,10-11,13-14,21H,2,6-9,12H2,1H3. The van der Waals surface area contributed by atoms with Crippen LogP contribution >= 0.6 is 0 Å². The molecule has 3 heterocycles. The Labute approximate surface area is 142 Å². The number of piperazine rings is 1. The molecular weight excluding hydrogens is 302 g/mol. The molecule has 0 aliphatic carbocycles.